The number of halogens is 1. The fourth-order valence-electron chi connectivity index (χ4n) is 2.16. The lowest BCUT2D eigenvalue weighted by Gasteiger charge is -2.10. The van der Waals surface area contributed by atoms with Crippen LogP contribution in [-0.4, -0.2) is 10.9 Å². The highest BCUT2D eigenvalue weighted by atomic mass is 127. The van der Waals surface area contributed by atoms with Gasteiger partial charge in [-0.05, 0) is 23.6 Å². The molecule has 0 bridgehead atoms. The molecule has 7 heteroatoms. The normalized spacial score (nSPS) is 11.0. The average molecular weight is 440 g/mol. The van der Waals surface area contributed by atoms with Gasteiger partial charge in [-0.1, -0.05) is 44.2 Å². The first-order valence-electron chi connectivity index (χ1n) is 7.36. The van der Waals surface area contributed by atoms with Gasteiger partial charge in [-0.25, -0.2) is 4.99 Å². The molecule has 0 heterocycles. The van der Waals surface area contributed by atoms with Crippen molar-refractivity contribution >= 4 is 41.3 Å². The fraction of sp³-hybridized carbons (Fsp3) is 0.235. The summed E-state index contributed by atoms with van der Waals surface area (Å²) >= 11 is 0. The van der Waals surface area contributed by atoms with Gasteiger partial charge in [0.2, 0.25) is 0 Å². The highest BCUT2D eigenvalue weighted by Crippen LogP contribution is 2.19. The highest BCUT2D eigenvalue weighted by Gasteiger charge is 2.11. The second kappa shape index (κ2) is 9.21. The van der Waals surface area contributed by atoms with E-state index < -0.39 is 4.92 Å². The SMILES string of the molecule is CC(C)c1cccc(NC(N)=NCc2ccccc2[N+](=O)[O-])c1.I. The van der Waals surface area contributed by atoms with Crippen molar-refractivity contribution in [3.05, 3.63) is 69.8 Å². The van der Waals surface area contributed by atoms with E-state index in [1.54, 1.807) is 18.2 Å². The molecule has 0 radical (unpaired) electrons. The van der Waals surface area contributed by atoms with Crippen LogP contribution < -0.4 is 11.1 Å². The van der Waals surface area contributed by atoms with Gasteiger partial charge in [-0.2, -0.15) is 0 Å². The number of nitrogens with zero attached hydrogens (tertiary/aromatic N) is 2. The van der Waals surface area contributed by atoms with Crippen LogP contribution in [0.2, 0.25) is 0 Å². The molecule has 0 aromatic heterocycles. The molecule has 2 rings (SSSR count). The Morgan fingerprint density at radius 1 is 1.25 bits per heavy atom. The summed E-state index contributed by atoms with van der Waals surface area (Å²) in [5, 5.41) is 14.0. The summed E-state index contributed by atoms with van der Waals surface area (Å²) in [6, 6.07) is 14.4. The van der Waals surface area contributed by atoms with Gasteiger partial charge in [0.05, 0.1) is 17.0 Å². The second-order valence-electron chi connectivity index (χ2n) is 5.49. The standard InChI is InChI=1S/C17H20N4O2.HI/c1-12(2)13-7-5-8-15(10-13)20-17(18)19-11-14-6-3-4-9-16(14)21(22)23;/h3-10,12H,11H2,1-2H3,(H3,18,19,20);1H. The molecule has 0 amide bonds. The van der Waals surface area contributed by atoms with Crippen molar-refractivity contribution in [3.63, 3.8) is 0 Å². The number of hydrogen-bond acceptors (Lipinski definition) is 3. The molecule has 2 aromatic rings. The Kier molecular flexibility index (Phi) is 7.63. The summed E-state index contributed by atoms with van der Waals surface area (Å²) in [5.41, 5.74) is 8.49. The van der Waals surface area contributed by atoms with E-state index in [1.165, 1.54) is 11.6 Å². The van der Waals surface area contributed by atoms with Crippen LogP contribution in [0.4, 0.5) is 11.4 Å². The van der Waals surface area contributed by atoms with E-state index in [0.717, 1.165) is 5.69 Å². The van der Waals surface area contributed by atoms with Gasteiger partial charge in [0, 0.05) is 11.8 Å². The Balaban J connectivity index is 0.00000288. The number of nitro groups is 1. The number of para-hydroxylation sites is 1. The third-order valence-corrected chi connectivity index (χ3v) is 3.43. The molecule has 2 aromatic carbocycles. The molecule has 0 fully saturated rings. The predicted molar refractivity (Wildman–Crippen MR) is 108 cm³/mol. The molecule has 0 aliphatic carbocycles. The quantitative estimate of drug-likeness (QED) is 0.239. The molecule has 0 atom stereocenters. The molecular formula is C17H21IN4O2. The molecule has 0 unspecified atom stereocenters. The molecule has 3 N–H and O–H groups in total. The fourth-order valence-corrected chi connectivity index (χ4v) is 2.16. The first-order valence-corrected chi connectivity index (χ1v) is 7.36. The summed E-state index contributed by atoms with van der Waals surface area (Å²) in [7, 11) is 0. The minimum Gasteiger partial charge on any atom is -0.370 e. The summed E-state index contributed by atoms with van der Waals surface area (Å²) in [4.78, 5) is 14.7. The van der Waals surface area contributed by atoms with Crippen LogP contribution >= 0.6 is 24.0 Å². The van der Waals surface area contributed by atoms with Crippen LogP contribution in [0.5, 0.6) is 0 Å². The van der Waals surface area contributed by atoms with E-state index in [4.69, 9.17) is 5.73 Å². The smallest absolute Gasteiger partial charge is 0.274 e. The highest BCUT2D eigenvalue weighted by molar-refractivity contribution is 14.0. The van der Waals surface area contributed by atoms with Gasteiger partial charge in [-0.15, -0.1) is 24.0 Å². The Morgan fingerprint density at radius 2 is 1.96 bits per heavy atom. The van der Waals surface area contributed by atoms with Crippen LogP contribution in [0.1, 0.15) is 30.9 Å². The maximum absolute atomic E-state index is 11.0. The Labute approximate surface area is 158 Å². The van der Waals surface area contributed by atoms with E-state index in [-0.39, 0.29) is 42.2 Å². The van der Waals surface area contributed by atoms with Gasteiger partial charge in [0.1, 0.15) is 0 Å². The van der Waals surface area contributed by atoms with Crippen molar-refractivity contribution in [1.82, 2.24) is 0 Å². The Bertz CT molecular complexity index is 732. The minimum absolute atomic E-state index is 0. The third kappa shape index (κ3) is 5.48. The lowest BCUT2D eigenvalue weighted by atomic mass is 10.0. The van der Waals surface area contributed by atoms with E-state index in [0.29, 0.717) is 11.5 Å². The average Bonchev–Trinajstić information content (AvgIpc) is 2.53. The zero-order valence-corrected chi connectivity index (χ0v) is 15.9. The van der Waals surface area contributed by atoms with Gasteiger partial charge in [0.15, 0.2) is 5.96 Å². The predicted octanol–water partition coefficient (Wildman–Crippen LogP) is 4.26. The van der Waals surface area contributed by atoms with Gasteiger partial charge in [0.25, 0.3) is 5.69 Å². The largest absolute Gasteiger partial charge is 0.370 e. The molecule has 0 spiro atoms. The van der Waals surface area contributed by atoms with Gasteiger partial charge < -0.3 is 11.1 Å². The molecule has 128 valence electrons. The first-order chi connectivity index (χ1) is 11.0. The van der Waals surface area contributed by atoms with Crippen molar-refractivity contribution in [3.8, 4) is 0 Å². The maximum Gasteiger partial charge on any atom is 0.274 e. The summed E-state index contributed by atoms with van der Waals surface area (Å²) in [6.45, 7) is 4.38. The molecule has 0 aliphatic rings. The Hall–Kier alpha value is -2.16. The summed E-state index contributed by atoms with van der Waals surface area (Å²) in [5.74, 6) is 0.644. The summed E-state index contributed by atoms with van der Waals surface area (Å²) in [6.07, 6.45) is 0. The lowest BCUT2D eigenvalue weighted by molar-refractivity contribution is -0.385. The van der Waals surface area contributed by atoms with Crippen LogP contribution in [0.3, 0.4) is 0 Å². The van der Waals surface area contributed by atoms with Gasteiger partial charge in [-0.3, -0.25) is 10.1 Å². The number of aliphatic imine (C=N–C) groups is 1. The van der Waals surface area contributed by atoms with E-state index in [1.807, 2.05) is 18.2 Å². The lowest BCUT2D eigenvalue weighted by Crippen LogP contribution is -2.22. The summed E-state index contributed by atoms with van der Waals surface area (Å²) < 4.78 is 0. The monoisotopic (exact) mass is 440 g/mol. The number of nitrogens with one attached hydrogen (secondary N) is 1. The van der Waals surface area contributed by atoms with E-state index in [2.05, 4.69) is 30.2 Å². The Morgan fingerprint density at radius 3 is 2.62 bits per heavy atom. The van der Waals surface area contributed by atoms with Crippen LogP contribution in [-0.2, 0) is 6.54 Å². The van der Waals surface area contributed by atoms with Crippen molar-refractivity contribution in [2.75, 3.05) is 5.32 Å². The zero-order valence-electron chi connectivity index (χ0n) is 13.6. The minimum atomic E-state index is -0.416. The van der Waals surface area contributed by atoms with E-state index >= 15 is 0 Å². The zero-order chi connectivity index (χ0) is 16.8. The number of benzene rings is 2. The number of hydrogen-bond donors (Lipinski definition) is 2. The van der Waals surface area contributed by atoms with Crippen LogP contribution in [0.25, 0.3) is 0 Å². The van der Waals surface area contributed by atoms with Crippen molar-refractivity contribution in [2.45, 2.75) is 26.3 Å². The number of nitrogens with two attached hydrogens (primary N) is 1. The second-order valence-corrected chi connectivity index (χ2v) is 5.49. The van der Waals surface area contributed by atoms with Crippen LogP contribution in [0, 0.1) is 10.1 Å². The molecule has 0 aliphatic heterocycles. The van der Waals surface area contributed by atoms with E-state index in [9.17, 15) is 10.1 Å². The number of rotatable bonds is 5. The van der Waals surface area contributed by atoms with Crippen LogP contribution in [0.15, 0.2) is 53.5 Å². The molecular weight excluding hydrogens is 419 g/mol. The molecule has 24 heavy (non-hydrogen) atoms. The van der Waals surface area contributed by atoms with Crippen molar-refractivity contribution in [1.29, 1.82) is 0 Å². The topological polar surface area (TPSA) is 93.5 Å². The maximum atomic E-state index is 11.0. The number of anilines is 1. The number of guanidine groups is 1. The molecule has 0 saturated heterocycles. The van der Waals surface area contributed by atoms with Crippen molar-refractivity contribution < 1.29 is 4.92 Å². The first kappa shape index (κ1) is 19.9. The van der Waals surface area contributed by atoms with Gasteiger partial charge >= 0.3 is 0 Å². The van der Waals surface area contributed by atoms with Crippen molar-refractivity contribution in [2.24, 2.45) is 10.7 Å². The molecule has 6 nitrogen and oxygen atoms in total. The molecule has 0 saturated carbocycles. The number of nitro benzene ring substituents is 1. The third-order valence-electron chi connectivity index (χ3n) is 3.43.